The first-order valence-corrected chi connectivity index (χ1v) is 6.09. The second-order valence-electron chi connectivity index (χ2n) is 4.66. The number of carbonyl (C=O) groups is 1. The number of fused-ring (bicyclic) bond motifs is 3. The minimum Gasteiger partial charge on any atom is -0.328 e. The predicted molar refractivity (Wildman–Crippen MR) is 75.0 cm³/mol. The van der Waals surface area contributed by atoms with Gasteiger partial charge in [-0.2, -0.15) is 5.26 Å². The van der Waals surface area contributed by atoms with Crippen LogP contribution in [0.25, 0.3) is 16.7 Å². The maximum atomic E-state index is 12.5. The Kier molecular flexibility index (Phi) is 2.48. The minimum absolute atomic E-state index is 0.0374. The van der Waals surface area contributed by atoms with E-state index in [1.54, 1.807) is 24.6 Å². The average molecular weight is 265 g/mol. The van der Waals surface area contributed by atoms with Gasteiger partial charge in [-0.3, -0.25) is 14.0 Å². The molecule has 0 aliphatic rings. The van der Waals surface area contributed by atoms with E-state index in [0.29, 0.717) is 28.6 Å². The van der Waals surface area contributed by atoms with E-state index in [1.165, 1.54) is 4.40 Å². The van der Waals surface area contributed by atoms with Gasteiger partial charge in [-0.15, -0.1) is 0 Å². The van der Waals surface area contributed by atoms with Crippen molar-refractivity contribution in [1.29, 1.82) is 5.26 Å². The Morgan fingerprint density at radius 2 is 1.90 bits per heavy atom. The molecule has 5 heteroatoms. The zero-order valence-electron chi connectivity index (χ0n) is 11.0. The number of aromatic nitrogens is 2. The first-order valence-electron chi connectivity index (χ1n) is 6.09. The van der Waals surface area contributed by atoms with E-state index in [-0.39, 0.29) is 11.1 Å². The van der Waals surface area contributed by atoms with E-state index in [4.69, 9.17) is 0 Å². The van der Waals surface area contributed by atoms with Gasteiger partial charge in [0.2, 0.25) is 0 Å². The number of benzene rings is 1. The number of aldehydes is 1. The van der Waals surface area contributed by atoms with Crippen LogP contribution >= 0.6 is 0 Å². The molecule has 2 heterocycles. The van der Waals surface area contributed by atoms with Crippen molar-refractivity contribution in [3.05, 3.63) is 51.3 Å². The molecular weight excluding hydrogens is 254 g/mol. The molecule has 0 radical (unpaired) electrons. The summed E-state index contributed by atoms with van der Waals surface area (Å²) in [6.45, 7) is 1.63. The highest BCUT2D eigenvalue weighted by Crippen LogP contribution is 2.23. The summed E-state index contributed by atoms with van der Waals surface area (Å²) in [5, 5.41) is 9.38. The summed E-state index contributed by atoms with van der Waals surface area (Å²) in [4.78, 5) is 23.7. The molecule has 98 valence electrons. The molecule has 3 rings (SSSR count). The summed E-state index contributed by atoms with van der Waals surface area (Å²) < 4.78 is 3.24. The Bertz CT molecular complexity index is 971. The molecule has 20 heavy (non-hydrogen) atoms. The second-order valence-corrected chi connectivity index (χ2v) is 4.66. The first kappa shape index (κ1) is 12.2. The smallest absolute Gasteiger partial charge is 0.267 e. The number of rotatable bonds is 1. The van der Waals surface area contributed by atoms with E-state index in [9.17, 15) is 14.9 Å². The molecule has 0 saturated carbocycles. The van der Waals surface area contributed by atoms with Gasteiger partial charge >= 0.3 is 0 Å². The fraction of sp³-hybridized carbons (Fsp3) is 0.133. The lowest BCUT2D eigenvalue weighted by molar-refractivity contribution is 0.112. The van der Waals surface area contributed by atoms with E-state index in [1.807, 2.05) is 18.2 Å². The van der Waals surface area contributed by atoms with Crippen LogP contribution in [0.4, 0.5) is 0 Å². The lowest BCUT2D eigenvalue weighted by Gasteiger charge is -2.05. The van der Waals surface area contributed by atoms with Crippen molar-refractivity contribution in [3.8, 4) is 6.07 Å². The molecule has 0 N–H and O–H groups in total. The predicted octanol–water partition coefficient (Wildman–Crippen LogP) is 1.78. The van der Waals surface area contributed by atoms with Crippen molar-refractivity contribution in [2.24, 2.45) is 7.05 Å². The number of imidazole rings is 1. The Hall–Kier alpha value is -2.87. The average Bonchev–Trinajstić information content (AvgIpc) is 2.75. The molecule has 0 aliphatic carbocycles. The van der Waals surface area contributed by atoms with Crippen LogP contribution in [0, 0.1) is 18.3 Å². The largest absolute Gasteiger partial charge is 0.328 e. The summed E-state index contributed by atoms with van der Waals surface area (Å²) in [7, 11) is 1.80. The third-order valence-electron chi connectivity index (χ3n) is 3.68. The maximum absolute atomic E-state index is 12.5. The molecule has 0 aliphatic heterocycles. The van der Waals surface area contributed by atoms with Gasteiger partial charge in [0.1, 0.15) is 11.7 Å². The number of pyridine rings is 1. The van der Waals surface area contributed by atoms with Gasteiger partial charge in [0.05, 0.1) is 22.2 Å². The number of para-hydroxylation sites is 2. The number of carbonyl (C=O) groups excluding carboxylic acids is 1. The van der Waals surface area contributed by atoms with Crippen molar-refractivity contribution in [2.45, 2.75) is 6.92 Å². The minimum atomic E-state index is -0.386. The van der Waals surface area contributed by atoms with Gasteiger partial charge in [0.15, 0.2) is 6.29 Å². The van der Waals surface area contributed by atoms with Crippen molar-refractivity contribution in [1.82, 2.24) is 8.97 Å². The highest BCUT2D eigenvalue weighted by atomic mass is 16.1. The highest BCUT2D eigenvalue weighted by molar-refractivity contribution is 5.87. The van der Waals surface area contributed by atoms with Crippen molar-refractivity contribution < 1.29 is 4.79 Å². The summed E-state index contributed by atoms with van der Waals surface area (Å²) in [6.07, 6.45) is 0.521. The third-order valence-corrected chi connectivity index (χ3v) is 3.68. The Morgan fingerprint density at radius 3 is 2.50 bits per heavy atom. The van der Waals surface area contributed by atoms with Gasteiger partial charge in [-0.25, -0.2) is 0 Å². The molecule has 0 amide bonds. The van der Waals surface area contributed by atoms with Crippen LogP contribution in [-0.2, 0) is 7.05 Å². The molecule has 1 aromatic carbocycles. The molecule has 0 spiro atoms. The Morgan fingerprint density at radius 1 is 1.25 bits per heavy atom. The van der Waals surface area contributed by atoms with Crippen LogP contribution in [0.3, 0.4) is 0 Å². The van der Waals surface area contributed by atoms with Crippen LogP contribution in [0.2, 0.25) is 0 Å². The van der Waals surface area contributed by atoms with E-state index < -0.39 is 0 Å². The van der Waals surface area contributed by atoms with E-state index in [2.05, 4.69) is 6.07 Å². The number of aryl methyl sites for hydroxylation is 1. The molecule has 3 aromatic rings. The highest BCUT2D eigenvalue weighted by Gasteiger charge is 2.19. The SMILES string of the molecule is Cc1c(C=O)c(=O)n2c3ccccc3n(C)c2c1C#N. The molecule has 0 fully saturated rings. The molecule has 0 bridgehead atoms. The Labute approximate surface area is 114 Å². The van der Waals surface area contributed by atoms with Crippen molar-refractivity contribution >= 4 is 23.0 Å². The van der Waals surface area contributed by atoms with E-state index >= 15 is 0 Å². The zero-order valence-corrected chi connectivity index (χ0v) is 11.0. The van der Waals surface area contributed by atoms with Crippen molar-refractivity contribution in [3.63, 3.8) is 0 Å². The van der Waals surface area contributed by atoms with E-state index in [0.717, 1.165) is 5.52 Å². The molecule has 2 aromatic heterocycles. The summed E-state index contributed by atoms with van der Waals surface area (Å²) >= 11 is 0. The fourth-order valence-corrected chi connectivity index (χ4v) is 2.66. The third kappa shape index (κ3) is 1.30. The summed E-state index contributed by atoms with van der Waals surface area (Å²) in [5.74, 6) is 0. The Balaban J connectivity index is 2.80. The number of nitrogens with zero attached hydrogens (tertiary/aromatic N) is 3. The monoisotopic (exact) mass is 265 g/mol. The van der Waals surface area contributed by atoms with Crippen LogP contribution in [0.15, 0.2) is 29.1 Å². The van der Waals surface area contributed by atoms with Gasteiger partial charge < -0.3 is 4.57 Å². The molecule has 0 unspecified atom stereocenters. The second kappa shape index (κ2) is 4.07. The normalized spacial score (nSPS) is 10.8. The van der Waals surface area contributed by atoms with Gasteiger partial charge in [0, 0.05) is 7.05 Å². The molecular formula is C15H11N3O2. The summed E-state index contributed by atoms with van der Waals surface area (Å²) in [6, 6.07) is 9.46. The van der Waals surface area contributed by atoms with Crippen LogP contribution in [0.1, 0.15) is 21.5 Å². The number of hydrogen-bond donors (Lipinski definition) is 0. The van der Waals surface area contributed by atoms with Gasteiger partial charge in [-0.1, -0.05) is 12.1 Å². The molecule has 5 nitrogen and oxygen atoms in total. The lowest BCUT2D eigenvalue weighted by atomic mass is 10.1. The van der Waals surface area contributed by atoms with Crippen LogP contribution in [-0.4, -0.2) is 15.3 Å². The number of nitriles is 1. The standard InChI is InChI=1S/C15H11N3O2/c1-9-10(7-16)14-17(2)12-5-3-4-6-13(12)18(14)15(20)11(9)8-19/h3-6,8H,1-2H3. The molecule has 0 saturated heterocycles. The summed E-state index contributed by atoms with van der Waals surface area (Å²) in [5.41, 5.74) is 2.47. The molecule has 0 atom stereocenters. The number of hydrogen-bond acceptors (Lipinski definition) is 3. The van der Waals surface area contributed by atoms with Crippen LogP contribution in [0.5, 0.6) is 0 Å². The maximum Gasteiger partial charge on any atom is 0.267 e. The quantitative estimate of drug-likeness (QED) is 0.630. The fourth-order valence-electron chi connectivity index (χ4n) is 2.66. The first-order chi connectivity index (χ1) is 9.61. The van der Waals surface area contributed by atoms with Crippen LogP contribution < -0.4 is 5.56 Å². The zero-order chi connectivity index (χ0) is 14.4. The topological polar surface area (TPSA) is 67.3 Å². The van der Waals surface area contributed by atoms with Crippen molar-refractivity contribution in [2.75, 3.05) is 0 Å². The van der Waals surface area contributed by atoms with Gasteiger partial charge in [0.25, 0.3) is 5.56 Å². The lowest BCUT2D eigenvalue weighted by Crippen LogP contribution is -2.21. The van der Waals surface area contributed by atoms with Gasteiger partial charge in [-0.05, 0) is 24.6 Å².